The Hall–Kier alpha value is -1.80. The van der Waals surface area contributed by atoms with Crippen LogP contribution in [0.5, 0.6) is 5.75 Å². The molecule has 144 valence electrons. The highest BCUT2D eigenvalue weighted by Crippen LogP contribution is 2.49. The monoisotopic (exact) mass is 363 g/mol. The molecule has 27 heavy (non-hydrogen) atoms. The highest BCUT2D eigenvalue weighted by atomic mass is 16.3. The summed E-state index contributed by atoms with van der Waals surface area (Å²) in [4.78, 5) is 2.71. The molecule has 1 N–H and O–H groups in total. The maximum atomic E-state index is 10.0. The molecule has 0 unspecified atom stereocenters. The average Bonchev–Trinajstić information content (AvgIpc) is 2.72. The van der Waals surface area contributed by atoms with E-state index in [1.807, 2.05) is 12.1 Å². The molecule has 4 rings (SSSR count). The Labute approximate surface area is 164 Å². The summed E-state index contributed by atoms with van der Waals surface area (Å²) in [6.07, 6.45) is 10.4. The van der Waals surface area contributed by atoms with Gasteiger partial charge in [-0.05, 0) is 80.8 Å². The molecule has 2 heteroatoms. The van der Waals surface area contributed by atoms with Gasteiger partial charge in [-0.1, -0.05) is 55.3 Å². The van der Waals surface area contributed by atoms with Crippen LogP contribution in [-0.4, -0.2) is 29.6 Å². The van der Waals surface area contributed by atoms with Crippen molar-refractivity contribution in [2.75, 3.05) is 19.6 Å². The van der Waals surface area contributed by atoms with E-state index >= 15 is 0 Å². The molecular weight excluding hydrogens is 330 g/mol. The van der Waals surface area contributed by atoms with E-state index in [1.165, 1.54) is 82.1 Å². The number of hydrogen-bond acceptors (Lipinski definition) is 2. The van der Waals surface area contributed by atoms with E-state index < -0.39 is 0 Å². The zero-order chi connectivity index (χ0) is 18.5. The zero-order valence-corrected chi connectivity index (χ0v) is 16.4. The minimum atomic E-state index is 0.303. The summed E-state index contributed by atoms with van der Waals surface area (Å²) in [5.74, 6) is 1.17. The lowest BCUT2D eigenvalue weighted by Crippen LogP contribution is -2.51. The average molecular weight is 364 g/mol. The van der Waals surface area contributed by atoms with Gasteiger partial charge in [0.1, 0.15) is 5.75 Å². The molecule has 0 spiro atoms. The lowest BCUT2D eigenvalue weighted by Gasteiger charge is -2.51. The minimum absolute atomic E-state index is 0.303. The maximum Gasteiger partial charge on any atom is 0.115 e. The number of phenolic OH excluding ortho intramolecular Hbond substituents is 1. The van der Waals surface area contributed by atoms with Crippen LogP contribution in [0.25, 0.3) is 0 Å². The largest absolute Gasteiger partial charge is 0.508 e. The molecule has 2 atom stereocenters. The second-order valence-corrected chi connectivity index (χ2v) is 8.64. The number of hydrogen-bond donors (Lipinski definition) is 1. The van der Waals surface area contributed by atoms with Crippen molar-refractivity contribution < 1.29 is 5.11 Å². The van der Waals surface area contributed by atoms with E-state index in [9.17, 15) is 5.11 Å². The van der Waals surface area contributed by atoms with Crippen LogP contribution in [0.4, 0.5) is 0 Å². The summed E-state index contributed by atoms with van der Waals surface area (Å²) >= 11 is 0. The number of nitrogens with zero attached hydrogens (tertiary/aromatic N) is 1. The van der Waals surface area contributed by atoms with Crippen molar-refractivity contribution in [1.29, 1.82) is 0 Å². The summed E-state index contributed by atoms with van der Waals surface area (Å²) in [6.45, 7) is 3.68. The van der Waals surface area contributed by atoms with Gasteiger partial charge < -0.3 is 10.0 Å². The van der Waals surface area contributed by atoms with Crippen molar-refractivity contribution in [3.8, 4) is 5.75 Å². The third kappa shape index (κ3) is 4.21. The number of rotatable bonds is 6. The Morgan fingerprint density at radius 1 is 0.963 bits per heavy atom. The van der Waals surface area contributed by atoms with E-state index in [4.69, 9.17) is 0 Å². The molecule has 0 amide bonds. The standard InChI is InChI=1S/C25H33NO/c27-24-14-8-13-22(19-24)25-15-6-4-12-23(25)20-26(18-16-25)17-7-5-11-21-9-2-1-3-10-21/h1-3,8-10,13-14,19,23,27H,4-7,11-12,15-18,20H2/t23-,25+/m1/s1. The second-order valence-electron chi connectivity index (χ2n) is 8.64. The maximum absolute atomic E-state index is 10.0. The Morgan fingerprint density at radius 3 is 2.70 bits per heavy atom. The molecule has 2 aliphatic rings. The van der Waals surface area contributed by atoms with Gasteiger partial charge in [-0.25, -0.2) is 0 Å². The van der Waals surface area contributed by atoms with Gasteiger partial charge in [0.15, 0.2) is 0 Å². The second kappa shape index (κ2) is 8.48. The highest BCUT2D eigenvalue weighted by molar-refractivity contribution is 5.35. The fourth-order valence-electron chi connectivity index (χ4n) is 5.52. The summed E-state index contributed by atoms with van der Waals surface area (Å²) in [6, 6.07) is 19.0. The zero-order valence-electron chi connectivity index (χ0n) is 16.4. The molecule has 2 fully saturated rings. The van der Waals surface area contributed by atoms with Gasteiger partial charge in [0.05, 0.1) is 0 Å². The summed E-state index contributed by atoms with van der Waals surface area (Å²) in [5.41, 5.74) is 3.15. The van der Waals surface area contributed by atoms with Crippen LogP contribution in [0.1, 0.15) is 56.1 Å². The Morgan fingerprint density at radius 2 is 1.85 bits per heavy atom. The van der Waals surface area contributed by atoms with Gasteiger partial charge in [0, 0.05) is 12.0 Å². The van der Waals surface area contributed by atoms with Crippen LogP contribution in [0.3, 0.4) is 0 Å². The highest BCUT2D eigenvalue weighted by Gasteiger charge is 2.45. The molecule has 2 aromatic carbocycles. The Kier molecular flexibility index (Phi) is 5.83. The lowest BCUT2D eigenvalue weighted by atomic mass is 9.59. The van der Waals surface area contributed by atoms with Crippen molar-refractivity contribution in [3.63, 3.8) is 0 Å². The van der Waals surface area contributed by atoms with Gasteiger partial charge in [-0.3, -0.25) is 0 Å². The van der Waals surface area contributed by atoms with Crippen molar-refractivity contribution in [2.24, 2.45) is 5.92 Å². The summed E-state index contributed by atoms with van der Waals surface area (Å²) in [5, 5.41) is 10.0. The third-order valence-electron chi connectivity index (χ3n) is 7.01. The van der Waals surface area contributed by atoms with Crippen LogP contribution in [-0.2, 0) is 11.8 Å². The molecule has 2 nitrogen and oxygen atoms in total. The quantitative estimate of drug-likeness (QED) is 0.680. The van der Waals surface area contributed by atoms with Gasteiger partial charge in [0.2, 0.25) is 0 Å². The molecule has 1 saturated heterocycles. The fraction of sp³-hybridized carbons (Fsp3) is 0.520. The van der Waals surface area contributed by atoms with E-state index in [0.29, 0.717) is 11.2 Å². The first kappa shape index (κ1) is 18.6. The molecule has 2 aromatic rings. The molecule has 1 aliphatic heterocycles. The molecule has 1 aliphatic carbocycles. The predicted octanol–water partition coefficient (Wildman–Crippen LogP) is 5.55. The minimum Gasteiger partial charge on any atom is -0.508 e. The van der Waals surface area contributed by atoms with Crippen molar-refractivity contribution in [2.45, 2.75) is 56.8 Å². The Bertz CT molecular complexity index is 728. The van der Waals surface area contributed by atoms with Crippen LogP contribution in [0.2, 0.25) is 0 Å². The summed E-state index contributed by atoms with van der Waals surface area (Å²) < 4.78 is 0. The van der Waals surface area contributed by atoms with E-state index in [-0.39, 0.29) is 0 Å². The summed E-state index contributed by atoms with van der Waals surface area (Å²) in [7, 11) is 0. The number of piperidine rings is 1. The topological polar surface area (TPSA) is 23.5 Å². The Balaban J connectivity index is 1.34. The number of unbranched alkanes of at least 4 members (excludes halogenated alkanes) is 1. The molecule has 1 heterocycles. The number of aryl methyl sites for hydroxylation is 1. The molecule has 0 radical (unpaired) electrons. The van der Waals surface area contributed by atoms with Crippen LogP contribution < -0.4 is 0 Å². The van der Waals surface area contributed by atoms with Gasteiger partial charge in [-0.2, -0.15) is 0 Å². The van der Waals surface area contributed by atoms with Crippen LogP contribution in [0.15, 0.2) is 54.6 Å². The molecule has 1 saturated carbocycles. The van der Waals surface area contributed by atoms with Gasteiger partial charge >= 0.3 is 0 Å². The number of likely N-dealkylation sites (tertiary alicyclic amines) is 1. The molecule has 0 bridgehead atoms. The van der Waals surface area contributed by atoms with Crippen LogP contribution >= 0.6 is 0 Å². The first-order valence-electron chi connectivity index (χ1n) is 10.8. The third-order valence-corrected chi connectivity index (χ3v) is 7.01. The first-order chi connectivity index (χ1) is 13.3. The number of phenols is 1. The molecular formula is C25H33NO. The fourth-order valence-corrected chi connectivity index (χ4v) is 5.52. The smallest absolute Gasteiger partial charge is 0.115 e. The normalized spacial score (nSPS) is 25.9. The van der Waals surface area contributed by atoms with Crippen molar-refractivity contribution in [1.82, 2.24) is 4.90 Å². The van der Waals surface area contributed by atoms with Gasteiger partial charge in [0.25, 0.3) is 0 Å². The molecule has 0 aromatic heterocycles. The van der Waals surface area contributed by atoms with Crippen molar-refractivity contribution in [3.05, 3.63) is 65.7 Å². The van der Waals surface area contributed by atoms with Crippen molar-refractivity contribution >= 4 is 0 Å². The lowest BCUT2D eigenvalue weighted by molar-refractivity contribution is 0.0553. The van der Waals surface area contributed by atoms with E-state index in [1.54, 1.807) is 6.07 Å². The van der Waals surface area contributed by atoms with Gasteiger partial charge in [-0.15, -0.1) is 0 Å². The first-order valence-corrected chi connectivity index (χ1v) is 10.8. The van der Waals surface area contributed by atoms with E-state index in [0.717, 1.165) is 5.92 Å². The predicted molar refractivity (Wildman–Crippen MR) is 112 cm³/mol. The number of benzene rings is 2. The SMILES string of the molecule is Oc1cccc([C@@]23CCCC[C@@H]2CN(CCCCc2ccccc2)CC3)c1. The number of aromatic hydroxyl groups is 1. The number of fused-ring (bicyclic) bond motifs is 1. The van der Waals surface area contributed by atoms with Crippen LogP contribution in [0, 0.1) is 5.92 Å². The van der Waals surface area contributed by atoms with E-state index in [2.05, 4.69) is 41.3 Å².